The van der Waals surface area contributed by atoms with Crippen molar-refractivity contribution < 1.29 is 4.74 Å². The number of rotatable bonds is 4. The third-order valence-electron chi connectivity index (χ3n) is 2.03. The molecular formula is C13H20BrNO. The number of halogens is 1. The molecule has 1 aromatic carbocycles. The number of hydrogen-bond donors (Lipinski definition) is 1. The van der Waals surface area contributed by atoms with Gasteiger partial charge in [0, 0.05) is 24.7 Å². The van der Waals surface area contributed by atoms with Gasteiger partial charge in [0.05, 0.1) is 0 Å². The summed E-state index contributed by atoms with van der Waals surface area (Å²) in [5, 5.41) is 3.26. The first-order chi connectivity index (χ1) is 7.71. The molecule has 0 aliphatic rings. The molecule has 0 aliphatic carbocycles. The van der Waals surface area contributed by atoms with Crippen LogP contribution in [0.2, 0.25) is 0 Å². The molecule has 0 heterocycles. The molecule has 90 valence electrons. The van der Waals surface area contributed by atoms with E-state index >= 15 is 0 Å². The van der Waals surface area contributed by atoms with Gasteiger partial charge < -0.3 is 10.1 Å². The standard InChI is InChI=1S/C11H14BrN.C2H6O/c1-3-6-11(13-2)9-7-4-5-8-10(9)12;1-3-2/h3-5,7-8,11,13H,1,6H2,2H3;1-2H3/t11-;/m0./s1. The predicted molar refractivity (Wildman–Crippen MR) is 73.7 cm³/mol. The maximum atomic E-state index is 4.25. The highest BCUT2D eigenvalue weighted by Gasteiger charge is 2.09. The Labute approximate surface area is 107 Å². The van der Waals surface area contributed by atoms with Gasteiger partial charge in [-0.15, -0.1) is 6.58 Å². The lowest BCUT2D eigenvalue weighted by atomic mass is 10.0. The molecule has 0 bridgehead atoms. The van der Waals surface area contributed by atoms with E-state index < -0.39 is 0 Å². The molecule has 0 fully saturated rings. The van der Waals surface area contributed by atoms with Crippen molar-refractivity contribution in [1.29, 1.82) is 0 Å². The molecule has 16 heavy (non-hydrogen) atoms. The number of ether oxygens (including phenoxy) is 1. The summed E-state index contributed by atoms with van der Waals surface area (Å²) in [6.45, 7) is 3.75. The van der Waals surface area contributed by atoms with E-state index in [1.165, 1.54) is 5.56 Å². The van der Waals surface area contributed by atoms with Crippen LogP contribution in [0.1, 0.15) is 18.0 Å². The van der Waals surface area contributed by atoms with Crippen LogP contribution >= 0.6 is 15.9 Å². The molecule has 2 nitrogen and oxygen atoms in total. The van der Waals surface area contributed by atoms with Crippen molar-refractivity contribution >= 4 is 15.9 Å². The molecule has 0 saturated carbocycles. The summed E-state index contributed by atoms with van der Waals surface area (Å²) < 4.78 is 5.40. The molecule has 0 unspecified atom stereocenters. The lowest BCUT2D eigenvalue weighted by Crippen LogP contribution is -2.15. The van der Waals surface area contributed by atoms with Gasteiger partial charge in [0.15, 0.2) is 0 Å². The zero-order valence-electron chi connectivity index (χ0n) is 10.2. The SMILES string of the molecule is C=CC[C@H](NC)c1ccccc1Br.COC. The number of hydrogen-bond acceptors (Lipinski definition) is 2. The molecule has 0 aliphatic heterocycles. The van der Waals surface area contributed by atoms with Crippen LogP contribution in [0.5, 0.6) is 0 Å². The van der Waals surface area contributed by atoms with Crippen LogP contribution in [0.3, 0.4) is 0 Å². The monoisotopic (exact) mass is 285 g/mol. The number of benzene rings is 1. The second-order valence-corrected chi connectivity index (χ2v) is 4.15. The normalized spacial score (nSPS) is 11.2. The van der Waals surface area contributed by atoms with E-state index in [1.54, 1.807) is 14.2 Å². The summed E-state index contributed by atoms with van der Waals surface area (Å²) in [5.74, 6) is 0. The van der Waals surface area contributed by atoms with Crippen LogP contribution in [-0.4, -0.2) is 21.3 Å². The Hall–Kier alpha value is -0.640. The summed E-state index contributed by atoms with van der Waals surface area (Å²) in [6, 6.07) is 8.60. The van der Waals surface area contributed by atoms with Crippen molar-refractivity contribution in [2.24, 2.45) is 0 Å². The smallest absolute Gasteiger partial charge is 0.0363 e. The van der Waals surface area contributed by atoms with Crippen molar-refractivity contribution in [3.63, 3.8) is 0 Å². The highest BCUT2D eigenvalue weighted by atomic mass is 79.9. The van der Waals surface area contributed by atoms with Gasteiger partial charge in [-0.3, -0.25) is 0 Å². The Balaban J connectivity index is 0.000000673. The maximum absolute atomic E-state index is 4.25. The topological polar surface area (TPSA) is 21.3 Å². The Morgan fingerprint density at radius 3 is 2.44 bits per heavy atom. The fourth-order valence-corrected chi connectivity index (χ4v) is 1.89. The number of methoxy groups -OCH3 is 1. The summed E-state index contributed by atoms with van der Waals surface area (Å²) in [7, 11) is 5.22. The Morgan fingerprint density at radius 1 is 1.44 bits per heavy atom. The van der Waals surface area contributed by atoms with Crippen molar-refractivity contribution in [2.75, 3.05) is 21.3 Å². The van der Waals surface area contributed by atoms with E-state index in [0.29, 0.717) is 6.04 Å². The van der Waals surface area contributed by atoms with Crippen molar-refractivity contribution in [1.82, 2.24) is 5.32 Å². The number of nitrogens with one attached hydrogen (secondary N) is 1. The second kappa shape index (κ2) is 9.58. The summed E-state index contributed by atoms with van der Waals surface area (Å²) in [5.41, 5.74) is 1.28. The third kappa shape index (κ3) is 5.45. The largest absolute Gasteiger partial charge is 0.388 e. The molecule has 3 heteroatoms. The molecule has 1 aromatic rings. The highest BCUT2D eigenvalue weighted by molar-refractivity contribution is 9.10. The van der Waals surface area contributed by atoms with Crippen LogP contribution in [0.15, 0.2) is 41.4 Å². The minimum absolute atomic E-state index is 0.355. The molecule has 0 saturated heterocycles. The van der Waals surface area contributed by atoms with Crippen molar-refractivity contribution in [3.05, 3.63) is 47.0 Å². The average Bonchev–Trinajstić information content (AvgIpc) is 2.28. The van der Waals surface area contributed by atoms with Gasteiger partial charge in [0.25, 0.3) is 0 Å². The summed E-state index contributed by atoms with van der Waals surface area (Å²) >= 11 is 3.53. The van der Waals surface area contributed by atoms with Crippen molar-refractivity contribution in [3.8, 4) is 0 Å². The summed E-state index contributed by atoms with van der Waals surface area (Å²) in [4.78, 5) is 0. The van der Waals surface area contributed by atoms with Crippen LogP contribution in [0.25, 0.3) is 0 Å². The van der Waals surface area contributed by atoms with Gasteiger partial charge in [0.1, 0.15) is 0 Å². The minimum atomic E-state index is 0.355. The highest BCUT2D eigenvalue weighted by Crippen LogP contribution is 2.24. The Kier molecular flexibility index (Phi) is 9.19. The molecule has 0 amide bonds. The molecule has 0 aromatic heterocycles. The van der Waals surface area contributed by atoms with E-state index in [-0.39, 0.29) is 0 Å². The second-order valence-electron chi connectivity index (χ2n) is 3.30. The Morgan fingerprint density at radius 2 is 2.00 bits per heavy atom. The lowest BCUT2D eigenvalue weighted by molar-refractivity contribution is 0.277. The first kappa shape index (κ1) is 15.4. The fourth-order valence-electron chi connectivity index (χ4n) is 1.32. The molecule has 1 atom stereocenters. The zero-order chi connectivity index (χ0) is 12.4. The average molecular weight is 286 g/mol. The first-order valence-corrected chi connectivity index (χ1v) is 5.93. The van der Waals surface area contributed by atoms with Gasteiger partial charge in [-0.1, -0.05) is 40.2 Å². The zero-order valence-corrected chi connectivity index (χ0v) is 11.8. The molecule has 1 N–H and O–H groups in total. The maximum Gasteiger partial charge on any atom is 0.0363 e. The molecule has 1 rings (SSSR count). The molecule has 0 radical (unpaired) electrons. The van der Waals surface area contributed by atoms with E-state index in [2.05, 4.69) is 44.7 Å². The van der Waals surface area contributed by atoms with Gasteiger partial charge in [-0.2, -0.15) is 0 Å². The molecule has 0 spiro atoms. The minimum Gasteiger partial charge on any atom is -0.388 e. The fraction of sp³-hybridized carbons (Fsp3) is 0.385. The van der Waals surface area contributed by atoms with E-state index in [0.717, 1.165) is 10.9 Å². The third-order valence-corrected chi connectivity index (χ3v) is 2.75. The first-order valence-electron chi connectivity index (χ1n) is 5.13. The van der Waals surface area contributed by atoms with Gasteiger partial charge in [0.2, 0.25) is 0 Å². The van der Waals surface area contributed by atoms with Gasteiger partial charge in [-0.25, -0.2) is 0 Å². The van der Waals surface area contributed by atoms with Crippen LogP contribution in [0, 0.1) is 0 Å². The van der Waals surface area contributed by atoms with Gasteiger partial charge in [-0.05, 0) is 25.1 Å². The van der Waals surface area contributed by atoms with Crippen LogP contribution < -0.4 is 5.32 Å². The van der Waals surface area contributed by atoms with Crippen molar-refractivity contribution in [2.45, 2.75) is 12.5 Å². The lowest BCUT2D eigenvalue weighted by Gasteiger charge is -2.15. The van der Waals surface area contributed by atoms with E-state index in [1.807, 2.05) is 25.3 Å². The summed E-state index contributed by atoms with van der Waals surface area (Å²) in [6.07, 6.45) is 2.87. The van der Waals surface area contributed by atoms with E-state index in [9.17, 15) is 0 Å². The molecular weight excluding hydrogens is 266 g/mol. The van der Waals surface area contributed by atoms with Crippen LogP contribution in [-0.2, 0) is 4.74 Å². The quantitative estimate of drug-likeness (QED) is 0.855. The van der Waals surface area contributed by atoms with Gasteiger partial charge >= 0.3 is 0 Å². The van der Waals surface area contributed by atoms with Crippen LogP contribution in [0.4, 0.5) is 0 Å². The predicted octanol–water partition coefficient (Wildman–Crippen LogP) is 3.55. The van der Waals surface area contributed by atoms with E-state index in [4.69, 9.17) is 0 Å². The Bertz CT molecular complexity index is 302.